The molecule has 6 heteroatoms. The average Bonchev–Trinajstić information content (AvgIpc) is 3.15. The quantitative estimate of drug-likeness (QED) is 0.282. The maximum atomic E-state index is 10.6. The highest BCUT2D eigenvalue weighted by atomic mass is 16.5. The summed E-state index contributed by atoms with van der Waals surface area (Å²) in [6, 6.07) is 12.6. The summed E-state index contributed by atoms with van der Waals surface area (Å²) in [4.78, 5) is 4.27. The highest BCUT2D eigenvalue weighted by Gasteiger charge is 2.57. The number of pyridine rings is 1. The first-order chi connectivity index (χ1) is 16.5. The van der Waals surface area contributed by atoms with Crippen LogP contribution < -0.4 is 10.1 Å². The SMILES string of the molecule is COc1ccnc(NC(O)CCC[C@@H]2C/C(=N\O)[C@@]3(C)CCC4c5ccccc5CCC4C23)c1. The summed E-state index contributed by atoms with van der Waals surface area (Å²) < 4.78 is 5.24. The molecule has 182 valence electrons. The van der Waals surface area contributed by atoms with Gasteiger partial charge in [0.25, 0.3) is 0 Å². The van der Waals surface area contributed by atoms with Gasteiger partial charge in [-0.05, 0) is 92.2 Å². The Labute approximate surface area is 202 Å². The minimum absolute atomic E-state index is 0.00571. The molecule has 3 aliphatic rings. The number of aromatic nitrogens is 1. The molecule has 34 heavy (non-hydrogen) atoms. The molecule has 3 aliphatic carbocycles. The average molecular weight is 464 g/mol. The molecule has 2 aromatic rings. The zero-order chi connectivity index (χ0) is 23.7. The number of rotatable bonds is 7. The van der Waals surface area contributed by atoms with Crippen LogP contribution >= 0.6 is 0 Å². The largest absolute Gasteiger partial charge is 0.497 e. The second-order valence-corrected chi connectivity index (χ2v) is 10.7. The number of nitrogens with zero attached hydrogens (tertiary/aromatic N) is 2. The number of oxime groups is 1. The van der Waals surface area contributed by atoms with E-state index in [4.69, 9.17) is 4.74 Å². The van der Waals surface area contributed by atoms with E-state index in [1.54, 1.807) is 31.0 Å². The minimum Gasteiger partial charge on any atom is -0.497 e. The van der Waals surface area contributed by atoms with Crippen LogP contribution in [0, 0.1) is 23.2 Å². The standard InChI is InChI=1S/C28H37N3O3/c1-28-14-12-22-21-8-4-3-6-18(21)10-11-23(22)27(28)19(16-24(28)31-33)7-5-9-26(32)30-25-17-20(34-2)13-15-29-25/h3-4,6,8,13,15,17,19,22-23,26-27,32-33H,5,7,9-12,14,16H2,1-2H3,(H,29,30)/b31-24+/t19-,22?,23?,26?,27?,28-/m1/s1. The Kier molecular flexibility index (Phi) is 6.52. The molecule has 4 unspecified atom stereocenters. The molecule has 6 nitrogen and oxygen atoms in total. The van der Waals surface area contributed by atoms with Gasteiger partial charge in [-0.1, -0.05) is 36.3 Å². The van der Waals surface area contributed by atoms with Crippen molar-refractivity contribution in [2.45, 2.75) is 70.4 Å². The highest BCUT2D eigenvalue weighted by Crippen LogP contribution is 2.62. The Morgan fingerprint density at radius 3 is 2.94 bits per heavy atom. The van der Waals surface area contributed by atoms with E-state index < -0.39 is 6.23 Å². The van der Waals surface area contributed by atoms with Gasteiger partial charge in [0.2, 0.25) is 0 Å². The number of aliphatic hydroxyl groups is 1. The summed E-state index contributed by atoms with van der Waals surface area (Å²) in [5.41, 5.74) is 4.07. The predicted octanol–water partition coefficient (Wildman–Crippen LogP) is 5.60. The minimum atomic E-state index is -0.654. The van der Waals surface area contributed by atoms with Gasteiger partial charge < -0.3 is 20.4 Å². The smallest absolute Gasteiger partial charge is 0.131 e. The van der Waals surface area contributed by atoms with Crippen molar-refractivity contribution >= 4 is 11.5 Å². The van der Waals surface area contributed by atoms with E-state index in [9.17, 15) is 10.3 Å². The van der Waals surface area contributed by atoms with Crippen molar-refractivity contribution in [1.29, 1.82) is 0 Å². The van der Waals surface area contributed by atoms with Crippen molar-refractivity contribution in [3.05, 3.63) is 53.7 Å². The third-order valence-corrected chi connectivity index (χ3v) is 8.97. The number of methoxy groups -OCH3 is 1. The van der Waals surface area contributed by atoms with Crippen LogP contribution in [0.4, 0.5) is 5.82 Å². The monoisotopic (exact) mass is 463 g/mol. The van der Waals surface area contributed by atoms with E-state index >= 15 is 0 Å². The molecule has 0 amide bonds. The van der Waals surface area contributed by atoms with Gasteiger partial charge in [0.05, 0.1) is 12.8 Å². The molecule has 0 radical (unpaired) electrons. The molecule has 1 aromatic heterocycles. The van der Waals surface area contributed by atoms with Crippen molar-refractivity contribution < 1.29 is 15.1 Å². The summed E-state index contributed by atoms with van der Waals surface area (Å²) >= 11 is 0. The normalized spacial score (nSPS) is 31.9. The first kappa shape index (κ1) is 23.2. The van der Waals surface area contributed by atoms with Gasteiger partial charge in [-0.3, -0.25) is 0 Å². The number of hydrogen-bond acceptors (Lipinski definition) is 6. The van der Waals surface area contributed by atoms with Gasteiger partial charge >= 0.3 is 0 Å². The van der Waals surface area contributed by atoms with Crippen molar-refractivity contribution in [3.63, 3.8) is 0 Å². The van der Waals surface area contributed by atoms with Crippen LogP contribution in [0.3, 0.4) is 0 Å². The Bertz CT molecular complexity index is 1040. The summed E-state index contributed by atoms with van der Waals surface area (Å²) in [5, 5.41) is 27.4. The lowest BCUT2D eigenvalue weighted by Gasteiger charge is -2.50. The number of aryl methyl sites for hydroxylation is 1. The van der Waals surface area contributed by atoms with Gasteiger partial charge in [-0.2, -0.15) is 0 Å². The first-order valence-electron chi connectivity index (χ1n) is 12.8. The van der Waals surface area contributed by atoms with Gasteiger partial charge in [0.15, 0.2) is 0 Å². The number of ether oxygens (including phenoxy) is 1. The Hall–Kier alpha value is -2.60. The Morgan fingerprint density at radius 1 is 1.26 bits per heavy atom. The van der Waals surface area contributed by atoms with Crippen LogP contribution in [0.1, 0.15) is 68.9 Å². The zero-order valence-corrected chi connectivity index (χ0v) is 20.3. The molecule has 5 rings (SSSR count). The van der Waals surface area contributed by atoms with Crippen molar-refractivity contribution in [2.75, 3.05) is 12.4 Å². The molecule has 2 saturated carbocycles. The van der Waals surface area contributed by atoms with Crippen LogP contribution in [0.2, 0.25) is 0 Å². The fraction of sp³-hybridized carbons (Fsp3) is 0.571. The highest BCUT2D eigenvalue weighted by molar-refractivity contribution is 5.92. The lowest BCUT2D eigenvalue weighted by molar-refractivity contribution is 0.0541. The first-order valence-corrected chi connectivity index (χ1v) is 12.8. The molecule has 1 heterocycles. The molecule has 1 aromatic carbocycles. The lowest BCUT2D eigenvalue weighted by Crippen LogP contribution is -2.44. The van der Waals surface area contributed by atoms with Crippen molar-refractivity contribution in [3.8, 4) is 5.75 Å². The van der Waals surface area contributed by atoms with Gasteiger partial charge in [0, 0.05) is 17.7 Å². The van der Waals surface area contributed by atoms with E-state index in [2.05, 4.69) is 46.6 Å². The van der Waals surface area contributed by atoms with Gasteiger partial charge in [-0.15, -0.1) is 0 Å². The Morgan fingerprint density at radius 2 is 2.12 bits per heavy atom. The maximum absolute atomic E-state index is 10.6. The fourth-order valence-electron chi connectivity index (χ4n) is 7.46. The summed E-state index contributed by atoms with van der Waals surface area (Å²) in [5.74, 6) is 3.63. The zero-order valence-electron chi connectivity index (χ0n) is 20.3. The predicted molar refractivity (Wildman–Crippen MR) is 133 cm³/mol. The maximum Gasteiger partial charge on any atom is 0.131 e. The Balaban J connectivity index is 1.26. The number of benzene rings is 1. The number of nitrogens with one attached hydrogen (secondary N) is 1. The molecule has 0 saturated heterocycles. The van der Waals surface area contributed by atoms with E-state index in [1.165, 1.54) is 18.4 Å². The number of aliphatic hydroxyl groups excluding tert-OH is 1. The van der Waals surface area contributed by atoms with Crippen LogP contribution in [0.25, 0.3) is 0 Å². The molecule has 0 spiro atoms. The van der Waals surface area contributed by atoms with Crippen molar-refractivity contribution in [2.24, 2.45) is 28.3 Å². The second kappa shape index (κ2) is 9.57. The third-order valence-electron chi connectivity index (χ3n) is 8.97. The number of anilines is 1. The fourth-order valence-corrected chi connectivity index (χ4v) is 7.46. The van der Waals surface area contributed by atoms with Gasteiger partial charge in [0.1, 0.15) is 17.8 Å². The topological polar surface area (TPSA) is 87.0 Å². The summed E-state index contributed by atoms with van der Waals surface area (Å²) in [7, 11) is 1.62. The van der Waals surface area contributed by atoms with E-state index in [0.717, 1.165) is 37.8 Å². The number of fused-ring (bicyclic) bond motifs is 5. The van der Waals surface area contributed by atoms with E-state index in [-0.39, 0.29) is 5.41 Å². The molecule has 6 atom stereocenters. The second-order valence-electron chi connectivity index (χ2n) is 10.7. The van der Waals surface area contributed by atoms with Crippen LogP contribution in [0.5, 0.6) is 5.75 Å². The molecule has 0 aliphatic heterocycles. The van der Waals surface area contributed by atoms with Crippen LogP contribution in [0.15, 0.2) is 47.8 Å². The van der Waals surface area contributed by atoms with E-state index in [0.29, 0.717) is 41.7 Å². The molecule has 3 N–H and O–H groups in total. The number of hydrogen-bond donors (Lipinski definition) is 3. The summed E-state index contributed by atoms with van der Waals surface area (Å²) in [6.45, 7) is 2.34. The molecular weight excluding hydrogens is 426 g/mol. The third kappa shape index (κ3) is 4.17. The van der Waals surface area contributed by atoms with Crippen molar-refractivity contribution in [1.82, 2.24) is 4.98 Å². The van der Waals surface area contributed by atoms with Crippen LogP contribution in [-0.4, -0.2) is 34.3 Å². The van der Waals surface area contributed by atoms with Gasteiger partial charge in [-0.25, -0.2) is 4.98 Å². The summed E-state index contributed by atoms with van der Waals surface area (Å²) in [6.07, 6.45) is 9.15. The molecular formula is C28H37N3O3. The molecule has 0 bridgehead atoms. The van der Waals surface area contributed by atoms with Crippen LogP contribution in [-0.2, 0) is 6.42 Å². The molecule has 2 fully saturated rings. The van der Waals surface area contributed by atoms with E-state index in [1.807, 2.05) is 0 Å². The lowest BCUT2D eigenvalue weighted by atomic mass is 9.54.